The normalized spacial score (nSPS) is 24.8. The minimum absolute atomic E-state index is 0.0120. The number of nitrogens with two attached hydrogens (primary N) is 1. The van der Waals surface area contributed by atoms with E-state index in [2.05, 4.69) is 5.16 Å². The number of hydrogen-bond donors (Lipinski definition) is 2. The number of carbonyl (C=O) groups is 1. The van der Waals surface area contributed by atoms with Gasteiger partial charge in [0.25, 0.3) is 0 Å². The quantitative estimate of drug-likeness (QED) is 0.346. The fourth-order valence-corrected chi connectivity index (χ4v) is 3.15. The number of ether oxygens (including phenoxy) is 1. The van der Waals surface area contributed by atoms with Crippen LogP contribution in [-0.2, 0) is 9.53 Å². The second kappa shape index (κ2) is 6.92. The highest BCUT2D eigenvalue weighted by Gasteiger charge is 2.46. The van der Waals surface area contributed by atoms with E-state index in [0.717, 1.165) is 25.9 Å². The van der Waals surface area contributed by atoms with Crippen LogP contribution < -0.4 is 5.73 Å². The van der Waals surface area contributed by atoms with Crippen LogP contribution in [0, 0.1) is 5.41 Å². The van der Waals surface area contributed by atoms with Crippen LogP contribution in [0.25, 0.3) is 0 Å². The van der Waals surface area contributed by atoms with Gasteiger partial charge in [0, 0.05) is 26.3 Å². The molecule has 0 unspecified atom stereocenters. The number of oxime groups is 1. The Morgan fingerprint density at radius 3 is 2.20 bits per heavy atom. The summed E-state index contributed by atoms with van der Waals surface area (Å²) >= 11 is 0. The Hall–Kier alpha value is -1.30. The molecule has 2 saturated heterocycles. The maximum atomic E-state index is 12.9. The summed E-state index contributed by atoms with van der Waals surface area (Å²) in [5.41, 5.74) is 4.99. The molecule has 2 heterocycles. The molecule has 0 bridgehead atoms. The zero-order chi connectivity index (χ0) is 14.4. The lowest BCUT2D eigenvalue weighted by Crippen LogP contribution is -2.54. The number of likely N-dealkylation sites (tertiary alicyclic amines) is 1. The molecule has 114 valence electrons. The zero-order valence-corrected chi connectivity index (χ0v) is 12.0. The summed E-state index contributed by atoms with van der Waals surface area (Å²) in [5.74, 6) is 0.0471. The predicted molar refractivity (Wildman–Crippen MR) is 75.6 cm³/mol. The van der Waals surface area contributed by atoms with Crippen LogP contribution >= 0.6 is 0 Å². The summed E-state index contributed by atoms with van der Waals surface area (Å²) < 4.78 is 5.34. The monoisotopic (exact) mass is 283 g/mol. The van der Waals surface area contributed by atoms with Crippen LogP contribution in [0.3, 0.4) is 0 Å². The van der Waals surface area contributed by atoms with Crippen molar-refractivity contribution < 1.29 is 14.7 Å². The van der Waals surface area contributed by atoms with Crippen LogP contribution in [-0.4, -0.2) is 48.2 Å². The molecule has 0 saturated carbocycles. The Labute approximate surface area is 119 Å². The highest BCUT2D eigenvalue weighted by Crippen LogP contribution is 2.33. The zero-order valence-electron chi connectivity index (χ0n) is 12.0. The Morgan fingerprint density at radius 2 is 1.65 bits per heavy atom. The lowest BCUT2D eigenvalue weighted by atomic mass is 9.77. The average Bonchev–Trinajstić information content (AvgIpc) is 2.46. The number of carbonyl (C=O) groups excluding carboxylic acids is 1. The van der Waals surface area contributed by atoms with Crippen molar-refractivity contribution in [2.24, 2.45) is 16.3 Å². The molecule has 2 aliphatic heterocycles. The molecule has 0 aromatic carbocycles. The van der Waals surface area contributed by atoms with E-state index in [4.69, 9.17) is 15.7 Å². The lowest BCUT2D eigenvalue weighted by Gasteiger charge is -2.39. The van der Waals surface area contributed by atoms with Crippen molar-refractivity contribution in [3.8, 4) is 0 Å². The maximum Gasteiger partial charge on any atom is 0.236 e. The van der Waals surface area contributed by atoms with Crippen molar-refractivity contribution in [1.29, 1.82) is 0 Å². The van der Waals surface area contributed by atoms with Gasteiger partial charge in [0.05, 0.1) is 0 Å². The molecule has 0 radical (unpaired) electrons. The third-order valence-electron chi connectivity index (χ3n) is 4.50. The lowest BCUT2D eigenvalue weighted by molar-refractivity contribution is -0.143. The molecule has 0 aromatic heterocycles. The Morgan fingerprint density at radius 1 is 1.10 bits per heavy atom. The number of amides is 1. The summed E-state index contributed by atoms with van der Waals surface area (Å²) in [6.07, 6.45) is 6.66. The fraction of sp³-hybridized carbons (Fsp3) is 0.857. The molecular weight excluding hydrogens is 258 g/mol. The van der Waals surface area contributed by atoms with Crippen molar-refractivity contribution in [3.05, 3.63) is 0 Å². The van der Waals surface area contributed by atoms with E-state index in [1.807, 2.05) is 4.90 Å². The van der Waals surface area contributed by atoms with Gasteiger partial charge >= 0.3 is 0 Å². The predicted octanol–water partition coefficient (Wildman–Crippen LogP) is 1.32. The Bertz CT molecular complexity index is 357. The summed E-state index contributed by atoms with van der Waals surface area (Å²) in [7, 11) is 0. The van der Waals surface area contributed by atoms with E-state index >= 15 is 0 Å². The topological polar surface area (TPSA) is 88.2 Å². The first-order valence-electron chi connectivity index (χ1n) is 7.56. The van der Waals surface area contributed by atoms with Gasteiger partial charge < -0.3 is 20.6 Å². The van der Waals surface area contributed by atoms with Crippen molar-refractivity contribution in [1.82, 2.24) is 4.90 Å². The number of rotatable bonds is 2. The van der Waals surface area contributed by atoms with E-state index in [9.17, 15) is 4.79 Å². The minimum atomic E-state index is -0.869. The molecule has 0 aromatic rings. The molecule has 2 fully saturated rings. The van der Waals surface area contributed by atoms with Crippen LogP contribution in [0.5, 0.6) is 0 Å². The molecule has 6 nitrogen and oxygen atoms in total. The first kappa shape index (κ1) is 15.1. The second-order valence-corrected chi connectivity index (χ2v) is 5.74. The molecule has 2 rings (SSSR count). The van der Waals surface area contributed by atoms with E-state index in [-0.39, 0.29) is 11.7 Å². The van der Waals surface area contributed by atoms with Gasteiger partial charge in [-0.1, -0.05) is 24.4 Å². The summed E-state index contributed by atoms with van der Waals surface area (Å²) in [6, 6.07) is 0. The van der Waals surface area contributed by atoms with Crippen molar-refractivity contribution in [2.45, 2.75) is 44.9 Å². The fourth-order valence-electron chi connectivity index (χ4n) is 3.15. The molecule has 0 aliphatic carbocycles. The first-order valence-corrected chi connectivity index (χ1v) is 7.56. The second-order valence-electron chi connectivity index (χ2n) is 5.74. The van der Waals surface area contributed by atoms with Gasteiger partial charge in [-0.05, 0) is 25.7 Å². The minimum Gasteiger partial charge on any atom is -0.409 e. The van der Waals surface area contributed by atoms with Crippen LogP contribution in [0.15, 0.2) is 5.16 Å². The standard InChI is InChI=1S/C14H25N3O3/c15-12(16-19)14(6-10-20-11-7-14)13(18)17-8-4-2-1-3-5-9-17/h19H,1-11H2,(H2,15,16). The SMILES string of the molecule is NC(=NO)C1(C(=O)N2CCCCCCC2)CCOCC1. The highest BCUT2D eigenvalue weighted by molar-refractivity contribution is 6.06. The van der Waals surface area contributed by atoms with Gasteiger partial charge in [-0.25, -0.2) is 0 Å². The van der Waals surface area contributed by atoms with Gasteiger partial charge in [0.15, 0.2) is 5.84 Å². The number of amidine groups is 1. The molecular formula is C14H25N3O3. The highest BCUT2D eigenvalue weighted by atomic mass is 16.5. The summed E-state index contributed by atoms with van der Waals surface area (Å²) in [6.45, 7) is 2.52. The van der Waals surface area contributed by atoms with Crippen molar-refractivity contribution in [2.75, 3.05) is 26.3 Å². The molecule has 3 N–H and O–H groups in total. The third-order valence-corrected chi connectivity index (χ3v) is 4.50. The van der Waals surface area contributed by atoms with Crippen LogP contribution in [0.2, 0.25) is 0 Å². The number of hydrogen-bond acceptors (Lipinski definition) is 4. The van der Waals surface area contributed by atoms with E-state index < -0.39 is 5.41 Å². The van der Waals surface area contributed by atoms with Gasteiger partial charge in [0.2, 0.25) is 5.91 Å². The van der Waals surface area contributed by atoms with Gasteiger partial charge in [-0.15, -0.1) is 0 Å². The van der Waals surface area contributed by atoms with Crippen molar-refractivity contribution in [3.63, 3.8) is 0 Å². The Kier molecular flexibility index (Phi) is 5.23. The van der Waals surface area contributed by atoms with Gasteiger partial charge in [-0.3, -0.25) is 4.79 Å². The molecule has 20 heavy (non-hydrogen) atoms. The first-order chi connectivity index (χ1) is 9.70. The average molecular weight is 283 g/mol. The van der Waals surface area contributed by atoms with E-state index in [1.54, 1.807) is 0 Å². The molecule has 6 heteroatoms. The smallest absolute Gasteiger partial charge is 0.236 e. The molecule has 0 spiro atoms. The molecule has 2 aliphatic rings. The summed E-state index contributed by atoms with van der Waals surface area (Å²) in [5, 5.41) is 12.2. The Balaban J connectivity index is 2.16. The van der Waals surface area contributed by atoms with E-state index in [1.165, 1.54) is 19.3 Å². The van der Waals surface area contributed by atoms with Crippen molar-refractivity contribution >= 4 is 11.7 Å². The third kappa shape index (κ3) is 3.06. The molecule has 0 atom stereocenters. The molecule has 1 amide bonds. The number of nitrogens with zero attached hydrogens (tertiary/aromatic N) is 2. The van der Waals surface area contributed by atoms with E-state index in [0.29, 0.717) is 26.1 Å². The largest absolute Gasteiger partial charge is 0.409 e. The maximum absolute atomic E-state index is 12.9. The van der Waals surface area contributed by atoms with Gasteiger partial charge in [0.1, 0.15) is 5.41 Å². The van der Waals surface area contributed by atoms with Crippen LogP contribution in [0.1, 0.15) is 44.9 Å². The van der Waals surface area contributed by atoms with Gasteiger partial charge in [-0.2, -0.15) is 0 Å². The summed E-state index contributed by atoms with van der Waals surface area (Å²) in [4.78, 5) is 14.8. The van der Waals surface area contributed by atoms with Crippen LogP contribution in [0.4, 0.5) is 0 Å².